The van der Waals surface area contributed by atoms with E-state index in [0.29, 0.717) is 0 Å². The predicted molar refractivity (Wildman–Crippen MR) is 49.3 cm³/mol. The molecular weight excluding hydrogens is 209 g/mol. The van der Waals surface area contributed by atoms with Gasteiger partial charge in [0, 0.05) is 13.0 Å². The van der Waals surface area contributed by atoms with Crippen LogP contribution >= 0.6 is 0 Å². The highest BCUT2D eigenvalue weighted by Crippen LogP contribution is 2.20. The zero-order valence-corrected chi connectivity index (χ0v) is 8.36. The molecule has 15 heavy (non-hydrogen) atoms. The maximum absolute atomic E-state index is 11.8. The number of rotatable bonds is 4. The smallest absolute Gasteiger partial charge is 0.355 e. The standard InChI is InChI=1S/C9H15F3N2O/c10-9(11,12)4-2-6-14-8(15)7-3-1-5-13-7/h7,13H,1-6H2,(H,14,15). The Morgan fingerprint density at radius 2 is 2.20 bits per heavy atom. The Hall–Kier alpha value is -0.780. The lowest BCUT2D eigenvalue weighted by molar-refractivity contribution is -0.136. The molecule has 0 aromatic heterocycles. The molecule has 1 amide bonds. The van der Waals surface area contributed by atoms with Crippen LogP contribution in [-0.4, -0.2) is 31.2 Å². The Morgan fingerprint density at radius 1 is 1.47 bits per heavy atom. The van der Waals surface area contributed by atoms with Crippen LogP contribution in [0.2, 0.25) is 0 Å². The first kappa shape index (κ1) is 12.3. The molecule has 1 saturated heterocycles. The van der Waals surface area contributed by atoms with Gasteiger partial charge in [0.05, 0.1) is 6.04 Å². The summed E-state index contributed by atoms with van der Waals surface area (Å²) in [6.07, 6.45) is -3.31. The van der Waals surface area contributed by atoms with E-state index >= 15 is 0 Å². The number of amides is 1. The summed E-state index contributed by atoms with van der Waals surface area (Å²) in [6.45, 7) is 0.900. The van der Waals surface area contributed by atoms with Crippen LogP contribution in [0.5, 0.6) is 0 Å². The van der Waals surface area contributed by atoms with Crippen LogP contribution in [-0.2, 0) is 4.79 Å². The molecule has 1 fully saturated rings. The zero-order chi connectivity index (χ0) is 11.3. The molecule has 0 bridgehead atoms. The molecule has 1 heterocycles. The molecule has 0 aliphatic carbocycles. The average molecular weight is 224 g/mol. The lowest BCUT2D eigenvalue weighted by Gasteiger charge is -2.11. The molecule has 1 unspecified atom stereocenters. The highest BCUT2D eigenvalue weighted by Gasteiger charge is 2.26. The summed E-state index contributed by atoms with van der Waals surface area (Å²) in [5.74, 6) is -0.185. The first-order valence-corrected chi connectivity index (χ1v) is 5.07. The Balaban J connectivity index is 2.07. The number of halogens is 3. The van der Waals surface area contributed by atoms with Crippen LogP contribution in [0.15, 0.2) is 0 Å². The normalized spacial score (nSPS) is 21.7. The summed E-state index contributed by atoms with van der Waals surface area (Å²) < 4.78 is 35.3. The van der Waals surface area contributed by atoms with Crippen molar-refractivity contribution in [2.75, 3.05) is 13.1 Å². The van der Waals surface area contributed by atoms with E-state index < -0.39 is 12.6 Å². The molecule has 2 N–H and O–H groups in total. The molecule has 0 saturated carbocycles. The molecular formula is C9H15F3N2O. The Labute approximate surface area is 86.4 Å². The van der Waals surface area contributed by atoms with Crippen LogP contribution < -0.4 is 10.6 Å². The molecule has 0 aromatic carbocycles. The second-order valence-electron chi connectivity index (χ2n) is 3.66. The summed E-state index contributed by atoms with van der Waals surface area (Å²) in [5.41, 5.74) is 0. The SMILES string of the molecule is O=C(NCCCC(F)(F)F)C1CCCN1. The van der Waals surface area contributed by atoms with Crippen LogP contribution in [0, 0.1) is 0 Å². The number of nitrogens with one attached hydrogen (secondary N) is 2. The first-order valence-electron chi connectivity index (χ1n) is 5.07. The van der Waals surface area contributed by atoms with E-state index in [-0.39, 0.29) is 24.9 Å². The van der Waals surface area contributed by atoms with Gasteiger partial charge >= 0.3 is 6.18 Å². The van der Waals surface area contributed by atoms with Crippen molar-refractivity contribution in [3.05, 3.63) is 0 Å². The second-order valence-corrected chi connectivity index (χ2v) is 3.66. The molecule has 6 heteroatoms. The van der Waals surface area contributed by atoms with Gasteiger partial charge in [-0.1, -0.05) is 0 Å². The molecule has 88 valence electrons. The minimum Gasteiger partial charge on any atom is -0.355 e. The van der Waals surface area contributed by atoms with Crippen molar-refractivity contribution in [3.8, 4) is 0 Å². The van der Waals surface area contributed by atoms with Crippen molar-refractivity contribution >= 4 is 5.91 Å². The van der Waals surface area contributed by atoms with Crippen LogP contribution in [0.4, 0.5) is 13.2 Å². The third kappa shape index (κ3) is 5.01. The third-order valence-electron chi connectivity index (χ3n) is 2.31. The van der Waals surface area contributed by atoms with Crippen molar-refractivity contribution in [1.29, 1.82) is 0 Å². The van der Waals surface area contributed by atoms with E-state index in [1.807, 2.05) is 0 Å². The molecule has 0 radical (unpaired) electrons. The monoisotopic (exact) mass is 224 g/mol. The quantitative estimate of drug-likeness (QED) is 0.704. The van der Waals surface area contributed by atoms with E-state index in [1.54, 1.807) is 0 Å². The molecule has 1 rings (SSSR count). The Kier molecular flexibility index (Phi) is 4.38. The van der Waals surface area contributed by atoms with Crippen LogP contribution in [0.1, 0.15) is 25.7 Å². The van der Waals surface area contributed by atoms with Crippen molar-refractivity contribution < 1.29 is 18.0 Å². The van der Waals surface area contributed by atoms with E-state index in [9.17, 15) is 18.0 Å². The van der Waals surface area contributed by atoms with Gasteiger partial charge in [-0.05, 0) is 25.8 Å². The maximum Gasteiger partial charge on any atom is 0.389 e. The maximum atomic E-state index is 11.8. The Morgan fingerprint density at radius 3 is 2.73 bits per heavy atom. The summed E-state index contributed by atoms with van der Waals surface area (Å²) >= 11 is 0. The minimum absolute atomic E-state index is 0.0536. The molecule has 3 nitrogen and oxygen atoms in total. The fourth-order valence-electron chi connectivity index (χ4n) is 1.53. The van der Waals surface area contributed by atoms with Gasteiger partial charge < -0.3 is 10.6 Å². The van der Waals surface area contributed by atoms with Crippen LogP contribution in [0.25, 0.3) is 0 Å². The number of alkyl halides is 3. The van der Waals surface area contributed by atoms with Gasteiger partial charge in [-0.2, -0.15) is 13.2 Å². The van der Waals surface area contributed by atoms with E-state index in [2.05, 4.69) is 10.6 Å². The van der Waals surface area contributed by atoms with Gasteiger partial charge in [-0.15, -0.1) is 0 Å². The molecule has 0 spiro atoms. The number of hydrogen-bond donors (Lipinski definition) is 2. The van der Waals surface area contributed by atoms with Crippen molar-refractivity contribution in [3.63, 3.8) is 0 Å². The molecule has 1 aliphatic rings. The highest BCUT2D eigenvalue weighted by molar-refractivity contribution is 5.81. The fourth-order valence-corrected chi connectivity index (χ4v) is 1.53. The van der Waals surface area contributed by atoms with Crippen molar-refractivity contribution in [1.82, 2.24) is 10.6 Å². The summed E-state index contributed by atoms with van der Waals surface area (Å²) in [5, 5.41) is 5.47. The van der Waals surface area contributed by atoms with E-state index in [0.717, 1.165) is 19.4 Å². The van der Waals surface area contributed by atoms with Gasteiger partial charge in [-0.3, -0.25) is 4.79 Å². The largest absolute Gasteiger partial charge is 0.389 e. The molecule has 1 atom stereocenters. The lowest BCUT2D eigenvalue weighted by Crippen LogP contribution is -2.40. The average Bonchev–Trinajstić information content (AvgIpc) is 2.63. The van der Waals surface area contributed by atoms with E-state index in [1.165, 1.54) is 0 Å². The van der Waals surface area contributed by atoms with Gasteiger partial charge in [0.25, 0.3) is 0 Å². The predicted octanol–water partition coefficient (Wildman–Crippen LogP) is 1.20. The summed E-state index contributed by atoms with van der Waals surface area (Å²) in [6, 6.07) is -0.212. The summed E-state index contributed by atoms with van der Waals surface area (Å²) in [4.78, 5) is 11.3. The molecule has 1 aliphatic heterocycles. The van der Waals surface area contributed by atoms with Crippen LogP contribution in [0.3, 0.4) is 0 Å². The fraction of sp³-hybridized carbons (Fsp3) is 0.889. The lowest BCUT2D eigenvalue weighted by atomic mass is 10.2. The highest BCUT2D eigenvalue weighted by atomic mass is 19.4. The summed E-state index contributed by atoms with van der Waals surface area (Å²) in [7, 11) is 0. The van der Waals surface area contributed by atoms with Gasteiger partial charge in [0.1, 0.15) is 0 Å². The van der Waals surface area contributed by atoms with E-state index in [4.69, 9.17) is 0 Å². The molecule has 0 aromatic rings. The van der Waals surface area contributed by atoms with Crippen molar-refractivity contribution in [2.45, 2.75) is 37.9 Å². The first-order chi connectivity index (χ1) is 6.99. The van der Waals surface area contributed by atoms with Crippen molar-refractivity contribution in [2.24, 2.45) is 0 Å². The third-order valence-corrected chi connectivity index (χ3v) is 2.31. The number of carbonyl (C=O) groups excluding carboxylic acids is 1. The van der Waals surface area contributed by atoms with Gasteiger partial charge in [-0.25, -0.2) is 0 Å². The number of hydrogen-bond acceptors (Lipinski definition) is 2. The zero-order valence-electron chi connectivity index (χ0n) is 8.36. The second kappa shape index (κ2) is 5.34. The number of carbonyl (C=O) groups is 1. The topological polar surface area (TPSA) is 41.1 Å². The Bertz CT molecular complexity index is 212. The minimum atomic E-state index is -4.13. The van der Waals surface area contributed by atoms with Gasteiger partial charge in [0.2, 0.25) is 5.91 Å². The van der Waals surface area contributed by atoms with Gasteiger partial charge in [0.15, 0.2) is 0 Å².